The summed E-state index contributed by atoms with van der Waals surface area (Å²) in [5.41, 5.74) is 6.30. The van der Waals surface area contributed by atoms with Crippen LogP contribution in [0.25, 0.3) is 0 Å². The molecule has 94 valence electrons. The summed E-state index contributed by atoms with van der Waals surface area (Å²) in [6, 6.07) is 7.61. The molecule has 0 bridgehead atoms. The van der Waals surface area contributed by atoms with E-state index in [-0.39, 0.29) is 5.91 Å². The van der Waals surface area contributed by atoms with Gasteiger partial charge in [-0.15, -0.1) is 0 Å². The van der Waals surface area contributed by atoms with Gasteiger partial charge in [-0.25, -0.2) is 0 Å². The normalized spacial score (nSPS) is 12.2. The Hall–Kier alpha value is -0.870. The number of rotatable bonds is 6. The lowest BCUT2D eigenvalue weighted by Gasteiger charge is -2.10. The van der Waals surface area contributed by atoms with Gasteiger partial charge in [-0.3, -0.25) is 4.79 Å². The topological polar surface area (TPSA) is 55.1 Å². The molecule has 0 heterocycles. The second-order valence-electron chi connectivity index (χ2n) is 4.25. The largest absolute Gasteiger partial charge is 0.330 e. The molecule has 0 saturated heterocycles. The summed E-state index contributed by atoms with van der Waals surface area (Å²) in [6.07, 6.45) is 2.40. The van der Waals surface area contributed by atoms with Gasteiger partial charge in [-0.2, -0.15) is 0 Å². The summed E-state index contributed by atoms with van der Waals surface area (Å²) in [4.78, 5) is 11.7. The minimum absolute atomic E-state index is 0.0563. The number of hydrogen-bond acceptors (Lipinski definition) is 2. The maximum atomic E-state index is 11.7. The molecule has 0 radical (unpaired) electrons. The van der Waals surface area contributed by atoms with Gasteiger partial charge in [0.2, 0.25) is 5.91 Å². The van der Waals surface area contributed by atoms with E-state index in [1.54, 1.807) is 0 Å². The maximum absolute atomic E-state index is 11.7. The number of anilines is 1. The SMILES string of the molecule is CC(CCN)CCC(=O)Nc1ccccc1Br. The van der Waals surface area contributed by atoms with Gasteiger partial charge < -0.3 is 11.1 Å². The van der Waals surface area contributed by atoms with Crippen LogP contribution >= 0.6 is 15.9 Å². The van der Waals surface area contributed by atoms with E-state index in [2.05, 4.69) is 28.2 Å². The van der Waals surface area contributed by atoms with Crippen LogP contribution in [0, 0.1) is 5.92 Å². The first kappa shape index (κ1) is 14.2. The number of benzene rings is 1. The van der Waals surface area contributed by atoms with E-state index >= 15 is 0 Å². The second-order valence-corrected chi connectivity index (χ2v) is 5.10. The van der Waals surface area contributed by atoms with Gasteiger partial charge in [0.15, 0.2) is 0 Å². The Labute approximate surface area is 111 Å². The van der Waals surface area contributed by atoms with Crippen LogP contribution in [-0.2, 0) is 4.79 Å². The average Bonchev–Trinajstić information content (AvgIpc) is 2.30. The van der Waals surface area contributed by atoms with Crippen LogP contribution in [0.3, 0.4) is 0 Å². The van der Waals surface area contributed by atoms with Gasteiger partial charge in [-0.1, -0.05) is 19.1 Å². The first-order valence-electron chi connectivity index (χ1n) is 5.88. The maximum Gasteiger partial charge on any atom is 0.224 e. The molecule has 1 rings (SSSR count). The molecule has 0 aromatic heterocycles. The number of carbonyl (C=O) groups excluding carboxylic acids is 1. The molecule has 3 nitrogen and oxygen atoms in total. The Morgan fingerprint density at radius 1 is 1.41 bits per heavy atom. The highest BCUT2D eigenvalue weighted by atomic mass is 79.9. The van der Waals surface area contributed by atoms with Crippen LogP contribution in [0.1, 0.15) is 26.2 Å². The molecule has 4 heteroatoms. The first-order valence-corrected chi connectivity index (χ1v) is 6.67. The molecule has 1 unspecified atom stereocenters. The highest BCUT2D eigenvalue weighted by molar-refractivity contribution is 9.10. The summed E-state index contributed by atoms with van der Waals surface area (Å²) in [6.45, 7) is 2.81. The Morgan fingerprint density at radius 2 is 2.12 bits per heavy atom. The summed E-state index contributed by atoms with van der Waals surface area (Å²) in [5, 5.41) is 2.89. The van der Waals surface area contributed by atoms with E-state index in [4.69, 9.17) is 5.73 Å². The van der Waals surface area contributed by atoms with Crippen molar-refractivity contribution in [1.82, 2.24) is 0 Å². The molecule has 0 aliphatic rings. The predicted molar refractivity (Wildman–Crippen MR) is 74.8 cm³/mol. The van der Waals surface area contributed by atoms with Gasteiger partial charge in [-0.05, 0) is 53.4 Å². The Bertz CT molecular complexity index is 368. The standard InChI is InChI=1S/C13H19BrN2O/c1-10(8-9-15)6-7-13(17)16-12-5-3-2-4-11(12)14/h2-5,10H,6-9,15H2,1H3,(H,16,17). The quantitative estimate of drug-likeness (QED) is 0.847. The molecule has 1 atom stereocenters. The van der Waals surface area contributed by atoms with E-state index in [1.807, 2.05) is 24.3 Å². The summed E-state index contributed by atoms with van der Waals surface area (Å²) < 4.78 is 0.906. The average molecular weight is 299 g/mol. The fraction of sp³-hybridized carbons (Fsp3) is 0.462. The van der Waals surface area contributed by atoms with Crippen molar-refractivity contribution in [2.24, 2.45) is 11.7 Å². The third-order valence-corrected chi connectivity index (χ3v) is 3.36. The van der Waals surface area contributed by atoms with Crippen LogP contribution in [0.2, 0.25) is 0 Å². The first-order chi connectivity index (χ1) is 8.13. The van der Waals surface area contributed by atoms with Crippen molar-refractivity contribution in [3.63, 3.8) is 0 Å². The van der Waals surface area contributed by atoms with Gasteiger partial charge in [0.05, 0.1) is 5.69 Å². The lowest BCUT2D eigenvalue weighted by Crippen LogP contribution is -2.14. The van der Waals surface area contributed by atoms with E-state index < -0.39 is 0 Å². The Morgan fingerprint density at radius 3 is 2.76 bits per heavy atom. The van der Waals surface area contributed by atoms with Gasteiger partial charge in [0, 0.05) is 10.9 Å². The number of nitrogens with one attached hydrogen (secondary N) is 1. The van der Waals surface area contributed by atoms with Crippen LogP contribution in [0.15, 0.2) is 28.7 Å². The highest BCUT2D eigenvalue weighted by Gasteiger charge is 2.07. The van der Waals surface area contributed by atoms with Crippen molar-refractivity contribution < 1.29 is 4.79 Å². The third-order valence-electron chi connectivity index (χ3n) is 2.67. The molecule has 0 saturated carbocycles. The number of carbonyl (C=O) groups is 1. The number of hydrogen-bond donors (Lipinski definition) is 2. The van der Waals surface area contributed by atoms with Gasteiger partial charge in [0.25, 0.3) is 0 Å². The highest BCUT2D eigenvalue weighted by Crippen LogP contribution is 2.21. The van der Waals surface area contributed by atoms with Crippen molar-refractivity contribution in [2.75, 3.05) is 11.9 Å². The fourth-order valence-corrected chi connectivity index (χ4v) is 1.97. The summed E-state index contributed by atoms with van der Waals surface area (Å²) in [5.74, 6) is 0.561. The van der Waals surface area contributed by atoms with E-state index in [1.165, 1.54) is 0 Å². The lowest BCUT2D eigenvalue weighted by atomic mass is 10.0. The molecular formula is C13H19BrN2O. The van der Waals surface area contributed by atoms with E-state index in [9.17, 15) is 4.79 Å². The van der Waals surface area contributed by atoms with E-state index in [0.717, 1.165) is 23.0 Å². The van der Waals surface area contributed by atoms with Crippen molar-refractivity contribution in [1.29, 1.82) is 0 Å². The van der Waals surface area contributed by atoms with Gasteiger partial charge >= 0.3 is 0 Å². The summed E-state index contributed by atoms with van der Waals surface area (Å²) in [7, 11) is 0. The molecule has 0 fully saturated rings. The predicted octanol–water partition coefficient (Wildman–Crippen LogP) is 3.15. The smallest absolute Gasteiger partial charge is 0.224 e. The number of nitrogens with two attached hydrogens (primary N) is 1. The molecule has 1 aromatic carbocycles. The Balaban J connectivity index is 2.37. The minimum atomic E-state index is 0.0563. The summed E-state index contributed by atoms with van der Waals surface area (Å²) >= 11 is 3.40. The lowest BCUT2D eigenvalue weighted by molar-refractivity contribution is -0.116. The molecule has 3 N–H and O–H groups in total. The molecule has 0 aliphatic heterocycles. The van der Waals surface area contributed by atoms with Gasteiger partial charge in [0.1, 0.15) is 0 Å². The third kappa shape index (κ3) is 5.33. The van der Waals surface area contributed by atoms with Crippen molar-refractivity contribution in [3.05, 3.63) is 28.7 Å². The Kier molecular flexibility index (Phi) is 6.22. The van der Waals surface area contributed by atoms with Crippen molar-refractivity contribution in [3.8, 4) is 0 Å². The molecule has 0 spiro atoms. The monoisotopic (exact) mass is 298 g/mol. The number of halogens is 1. The zero-order valence-electron chi connectivity index (χ0n) is 10.1. The molecular weight excluding hydrogens is 280 g/mol. The molecule has 0 aliphatic carbocycles. The number of amides is 1. The molecule has 1 amide bonds. The van der Waals surface area contributed by atoms with Crippen LogP contribution < -0.4 is 11.1 Å². The van der Waals surface area contributed by atoms with Crippen LogP contribution in [0.5, 0.6) is 0 Å². The number of para-hydroxylation sites is 1. The van der Waals surface area contributed by atoms with Crippen LogP contribution in [0.4, 0.5) is 5.69 Å². The fourth-order valence-electron chi connectivity index (χ4n) is 1.58. The zero-order valence-corrected chi connectivity index (χ0v) is 11.7. The molecule has 17 heavy (non-hydrogen) atoms. The van der Waals surface area contributed by atoms with Crippen molar-refractivity contribution >= 4 is 27.5 Å². The minimum Gasteiger partial charge on any atom is -0.330 e. The van der Waals surface area contributed by atoms with E-state index in [0.29, 0.717) is 18.9 Å². The zero-order chi connectivity index (χ0) is 12.7. The van der Waals surface area contributed by atoms with Crippen LogP contribution in [-0.4, -0.2) is 12.5 Å². The molecule has 1 aromatic rings. The van der Waals surface area contributed by atoms with Crippen molar-refractivity contribution in [2.45, 2.75) is 26.2 Å². The second kappa shape index (κ2) is 7.45.